The zero-order chi connectivity index (χ0) is 12.8. The van der Waals surface area contributed by atoms with Crippen molar-refractivity contribution < 1.29 is 9.53 Å². The van der Waals surface area contributed by atoms with E-state index in [-0.39, 0.29) is 11.8 Å². The number of anilines is 1. The predicted molar refractivity (Wildman–Crippen MR) is 69.2 cm³/mol. The number of nitrogens with two attached hydrogens (primary N) is 1. The highest BCUT2D eigenvalue weighted by atomic mass is 16.5. The van der Waals surface area contributed by atoms with E-state index in [1.54, 1.807) is 6.92 Å². The van der Waals surface area contributed by atoms with Crippen LogP contribution in [0, 0.1) is 12.8 Å². The molecule has 0 heterocycles. The Morgan fingerprint density at radius 2 is 2.24 bits per heavy atom. The van der Waals surface area contributed by atoms with E-state index in [0.717, 1.165) is 17.0 Å². The smallest absolute Gasteiger partial charge is 0.228 e. The van der Waals surface area contributed by atoms with E-state index in [0.29, 0.717) is 13.2 Å². The maximum Gasteiger partial charge on any atom is 0.228 e. The van der Waals surface area contributed by atoms with Gasteiger partial charge in [0.15, 0.2) is 0 Å². The lowest BCUT2D eigenvalue weighted by atomic mass is 10.1. The summed E-state index contributed by atoms with van der Waals surface area (Å²) in [4.78, 5) is 11.6. The number of rotatable bonds is 5. The lowest BCUT2D eigenvalue weighted by Gasteiger charge is -2.12. The quantitative estimate of drug-likeness (QED) is 0.821. The summed E-state index contributed by atoms with van der Waals surface area (Å²) in [5, 5.41) is 2.83. The fraction of sp³-hybridized carbons (Fsp3) is 0.462. The molecule has 0 saturated carbocycles. The van der Waals surface area contributed by atoms with Gasteiger partial charge in [-0.3, -0.25) is 4.79 Å². The number of benzene rings is 1. The molecule has 1 atom stereocenters. The summed E-state index contributed by atoms with van der Waals surface area (Å²) >= 11 is 0. The van der Waals surface area contributed by atoms with E-state index in [9.17, 15) is 4.79 Å². The van der Waals surface area contributed by atoms with Gasteiger partial charge in [0.05, 0.1) is 6.61 Å². The summed E-state index contributed by atoms with van der Waals surface area (Å²) in [6, 6.07) is 5.59. The molecule has 4 heteroatoms. The molecule has 0 aliphatic rings. The van der Waals surface area contributed by atoms with Gasteiger partial charge in [0.2, 0.25) is 5.91 Å². The predicted octanol–water partition coefficient (Wildman–Crippen LogP) is 1.93. The Bertz CT molecular complexity index is 391. The maximum absolute atomic E-state index is 11.6. The normalized spacial score (nSPS) is 12.0. The van der Waals surface area contributed by atoms with Crippen LogP contribution in [0.2, 0.25) is 0 Å². The fourth-order valence-corrected chi connectivity index (χ4v) is 1.42. The number of hydrogen-bond acceptors (Lipinski definition) is 3. The van der Waals surface area contributed by atoms with Crippen molar-refractivity contribution in [1.29, 1.82) is 0 Å². The third-order valence-electron chi connectivity index (χ3n) is 2.54. The first-order valence-corrected chi connectivity index (χ1v) is 5.82. The molecule has 1 aromatic carbocycles. The van der Waals surface area contributed by atoms with Crippen molar-refractivity contribution in [2.45, 2.75) is 20.8 Å². The summed E-state index contributed by atoms with van der Waals surface area (Å²) in [7, 11) is 0. The van der Waals surface area contributed by atoms with E-state index in [2.05, 4.69) is 5.32 Å². The van der Waals surface area contributed by atoms with E-state index < -0.39 is 0 Å². The summed E-state index contributed by atoms with van der Waals surface area (Å²) in [5.41, 5.74) is 7.22. The summed E-state index contributed by atoms with van der Waals surface area (Å²) in [6.45, 7) is 6.68. The van der Waals surface area contributed by atoms with Crippen molar-refractivity contribution in [1.82, 2.24) is 0 Å². The Hall–Kier alpha value is -1.55. The second kappa shape index (κ2) is 6.25. The first-order chi connectivity index (χ1) is 8.08. The number of nitrogens with one attached hydrogen (secondary N) is 1. The summed E-state index contributed by atoms with van der Waals surface area (Å²) in [5.74, 6) is 0.607. The molecule has 0 aromatic heterocycles. The molecule has 0 fully saturated rings. The number of ether oxygens (including phenoxy) is 1. The molecule has 0 aliphatic heterocycles. The zero-order valence-corrected chi connectivity index (χ0v) is 10.6. The Balaban J connectivity index is 2.73. The van der Waals surface area contributed by atoms with Gasteiger partial charge in [-0.15, -0.1) is 0 Å². The highest BCUT2D eigenvalue weighted by Gasteiger charge is 2.11. The number of amides is 1. The van der Waals surface area contributed by atoms with Crippen LogP contribution >= 0.6 is 0 Å². The number of carbonyl (C=O) groups excluding carboxylic acids is 1. The highest BCUT2D eigenvalue weighted by Crippen LogP contribution is 2.22. The molecule has 1 amide bonds. The second-order valence-corrected chi connectivity index (χ2v) is 4.04. The molecule has 94 valence electrons. The van der Waals surface area contributed by atoms with Crippen LogP contribution in [0.1, 0.15) is 19.4 Å². The first-order valence-electron chi connectivity index (χ1n) is 5.82. The number of hydrogen-bond donors (Lipinski definition) is 2. The van der Waals surface area contributed by atoms with Crippen molar-refractivity contribution in [3.63, 3.8) is 0 Å². The van der Waals surface area contributed by atoms with E-state index >= 15 is 0 Å². The standard InChI is InChI=1S/C13H20N2O2/c1-4-17-12-6-5-11(7-9(12)2)15-13(16)10(3)8-14/h5-7,10H,4,8,14H2,1-3H3,(H,15,16). The first kappa shape index (κ1) is 13.5. The van der Waals surface area contributed by atoms with Gasteiger partial charge in [0, 0.05) is 18.2 Å². The molecular weight excluding hydrogens is 216 g/mol. The van der Waals surface area contributed by atoms with Gasteiger partial charge in [-0.05, 0) is 37.6 Å². The van der Waals surface area contributed by atoms with E-state index in [1.165, 1.54) is 0 Å². The average Bonchev–Trinajstić information content (AvgIpc) is 2.31. The Morgan fingerprint density at radius 1 is 1.53 bits per heavy atom. The van der Waals surface area contributed by atoms with Crippen molar-refractivity contribution in [3.8, 4) is 5.75 Å². The minimum absolute atomic E-state index is 0.0592. The van der Waals surface area contributed by atoms with Gasteiger partial charge in [0.25, 0.3) is 0 Å². The van der Waals surface area contributed by atoms with Gasteiger partial charge >= 0.3 is 0 Å². The number of carbonyl (C=O) groups is 1. The third kappa shape index (κ3) is 3.75. The molecule has 0 saturated heterocycles. The third-order valence-corrected chi connectivity index (χ3v) is 2.54. The number of aryl methyl sites for hydroxylation is 1. The van der Waals surface area contributed by atoms with Gasteiger partial charge in [-0.2, -0.15) is 0 Å². The Kier molecular flexibility index (Phi) is 4.97. The van der Waals surface area contributed by atoms with Crippen molar-refractivity contribution in [3.05, 3.63) is 23.8 Å². The van der Waals surface area contributed by atoms with Crippen molar-refractivity contribution >= 4 is 11.6 Å². The maximum atomic E-state index is 11.6. The minimum atomic E-state index is -0.179. The van der Waals surface area contributed by atoms with Crippen molar-refractivity contribution in [2.24, 2.45) is 11.7 Å². The van der Waals surface area contributed by atoms with Crippen LogP contribution in [-0.4, -0.2) is 19.1 Å². The molecule has 17 heavy (non-hydrogen) atoms. The molecule has 1 unspecified atom stereocenters. The topological polar surface area (TPSA) is 64.3 Å². The molecule has 1 rings (SSSR count). The van der Waals surface area contributed by atoms with Gasteiger partial charge in [-0.1, -0.05) is 6.92 Å². The fourth-order valence-electron chi connectivity index (χ4n) is 1.42. The van der Waals surface area contributed by atoms with Crippen LogP contribution in [0.4, 0.5) is 5.69 Å². The van der Waals surface area contributed by atoms with Crippen LogP contribution in [0.3, 0.4) is 0 Å². The van der Waals surface area contributed by atoms with Gasteiger partial charge in [0.1, 0.15) is 5.75 Å². The lowest BCUT2D eigenvalue weighted by Crippen LogP contribution is -2.26. The van der Waals surface area contributed by atoms with Gasteiger partial charge < -0.3 is 15.8 Å². The molecule has 0 aliphatic carbocycles. The van der Waals surface area contributed by atoms with Crippen LogP contribution in [-0.2, 0) is 4.79 Å². The Labute approximate surface area is 102 Å². The molecule has 4 nitrogen and oxygen atoms in total. The molecule has 1 aromatic rings. The molecular formula is C13H20N2O2. The molecule has 3 N–H and O–H groups in total. The van der Waals surface area contributed by atoms with Crippen LogP contribution in [0.5, 0.6) is 5.75 Å². The minimum Gasteiger partial charge on any atom is -0.494 e. The largest absolute Gasteiger partial charge is 0.494 e. The van der Waals surface area contributed by atoms with E-state index in [4.69, 9.17) is 10.5 Å². The van der Waals surface area contributed by atoms with E-state index in [1.807, 2.05) is 32.0 Å². The zero-order valence-electron chi connectivity index (χ0n) is 10.6. The summed E-state index contributed by atoms with van der Waals surface area (Å²) in [6.07, 6.45) is 0. The SMILES string of the molecule is CCOc1ccc(NC(=O)C(C)CN)cc1C. The lowest BCUT2D eigenvalue weighted by molar-refractivity contribution is -0.119. The second-order valence-electron chi connectivity index (χ2n) is 4.04. The highest BCUT2D eigenvalue weighted by molar-refractivity contribution is 5.92. The molecule has 0 bridgehead atoms. The monoisotopic (exact) mass is 236 g/mol. The van der Waals surface area contributed by atoms with Crippen LogP contribution < -0.4 is 15.8 Å². The summed E-state index contributed by atoms with van der Waals surface area (Å²) < 4.78 is 5.43. The Morgan fingerprint density at radius 3 is 2.76 bits per heavy atom. The van der Waals surface area contributed by atoms with Gasteiger partial charge in [-0.25, -0.2) is 0 Å². The molecule has 0 spiro atoms. The van der Waals surface area contributed by atoms with Crippen molar-refractivity contribution in [2.75, 3.05) is 18.5 Å². The average molecular weight is 236 g/mol. The van der Waals surface area contributed by atoms with Crippen LogP contribution in [0.15, 0.2) is 18.2 Å². The molecule has 0 radical (unpaired) electrons. The van der Waals surface area contributed by atoms with Crippen LogP contribution in [0.25, 0.3) is 0 Å².